The molecular formula is C15H24O2. The maximum Gasteiger partial charge on any atom is 0.136 e. The first kappa shape index (κ1) is 11.7. The predicted molar refractivity (Wildman–Crippen MR) is 66.8 cm³/mol. The average Bonchev–Trinajstić information content (AvgIpc) is 2.52. The van der Waals surface area contributed by atoms with Gasteiger partial charge in [-0.15, -0.1) is 0 Å². The maximum absolute atomic E-state index is 12.2. The highest BCUT2D eigenvalue weighted by molar-refractivity contribution is 5.81. The number of hydrogen-bond acceptors (Lipinski definition) is 2. The van der Waals surface area contributed by atoms with Gasteiger partial charge < -0.3 is 4.74 Å². The molecule has 0 amide bonds. The highest BCUT2D eigenvalue weighted by atomic mass is 16.5. The number of hydrogen-bond donors (Lipinski definition) is 0. The first-order chi connectivity index (χ1) is 8.29. The van der Waals surface area contributed by atoms with Gasteiger partial charge in [0.05, 0.1) is 5.60 Å². The van der Waals surface area contributed by atoms with Gasteiger partial charge in [0, 0.05) is 18.9 Å². The Morgan fingerprint density at radius 2 is 1.94 bits per heavy atom. The molecule has 0 bridgehead atoms. The third kappa shape index (κ3) is 2.29. The quantitative estimate of drug-likeness (QED) is 0.651. The first-order valence-corrected chi connectivity index (χ1v) is 7.46. The normalized spacial score (nSPS) is 37.5. The lowest BCUT2D eigenvalue weighted by atomic mass is 9.68. The molecule has 1 heterocycles. The molecule has 3 aliphatic rings. The zero-order chi connectivity index (χ0) is 11.7. The highest BCUT2D eigenvalue weighted by Crippen LogP contribution is 2.47. The summed E-state index contributed by atoms with van der Waals surface area (Å²) in [6.07, 6.45) is 11.7. The van der Waals surface area contributed by atoms with Crippen molar-refractivity contribution in [3.63, 3.8) is 0 Å². The summed E-state index contributed by atoms with van der Waals surface area (Å²) in [6.45, 7) is 0.897. The fourth-order valence-electron chi connectivity index (χ4n) is 4.01. The monoisotopic (exact) mass is 236 g/mol. The average molecular weight is 236 g/mol. The molecule has 2 saturated carbocycles. The second-order valence-electron chi connectivity index (χ2n) is 6.31. The van der Waals surface area contributed by atoms with Gasteiger partial charge in [-0.3, -0.25) is 4.79 Å². The zero-order valence-electron chi connectivity index (χ0n) is 10.7. The lowest BCUT2D eigenvalue weighted by molar-refractivity contribution is -0.155. The van der Waals surface area contributed by atoms with Crippen molar-refractivity contribution in [2.45, 2.75) is 69.8 Å². The van der Waals surface area contributed by atoms with Gasteiger partial charge in [0.15, 0.2) is 0 Å². The molecule has 1 aliphatic heterocycles. The van der Waals surface area contributed by atoms with E-state index >= 15 is 0 Å². The summed E-state index contributed by atoms with van der Waals surface area (Å²) in [6, 6.07) is 0. The lowest BCUT2D eigenvalue weighted by Gasteiger charge is -2.48. The number of carbonyl (C=O) groups is 1. The molecule has 2 nitrogen and oxygen atoms in total. The SMILES string of the molecule is O=C1CCCCCC1C1CCOC2(CCC2)C1. The summed E-state index contributed by atoms with van der Waals surface area (Å²) < 4.78 is 5.98. The van der Waals surface area contributed by atoms with Crippen molar-refractivity contribution in [2.75, 3.05) is 6.61 Å². The van der Waals surface area contributed by atoms with Crippen LogP contribution in [0.5, 0.6) is 0 Å². The summed E-state index contributed by atoms with van der Waals surface area (Å²) in [5.41, 5.74) is 0.204. The van der Waals surface area contributed by atoms with E-state index in [1.54, 1.807) is 0 Å². The van der Waals surface area contributed by atoms with Crippen LogP contribution in [0, 0.1) is 11.8 Å². The van der Waals surface area contributed by atoms with Crippen molar-refractivity contribution in [2.24, 2.45) is 11.8 Å². The molecule has 0 radical (unpaired) electrons. The molecule has 3 fully saturated rings. The Hall–Kier alpha value is -0.370. The molecule has 2 heteroatoms. The van der Waals surface area contributed by atoms with E-state index in [1.165, 1.54) is 38.5 Å². The largest absolute Gasteiger partial charge is 0.375 e. The minimum Gasteiger partial charge on any atom is -0.375 e. The Labute approximate surface area is 104 Å². The number of ketones is 1. The Balaban J connectivity index is 1.67. The van der Waals surface area contributed by atoms with Crippen LogP contribution in [0.4, 0.5) is 0 Å². The Morgan fingerprint density at radius 3 is 2.71 bits per heavy atom. The molecule has 0 aromatic rings. The van der Waals surface area contributed by atoms with Crippen LogP contribution in [-0.4, -0.2) is 18.0 Å². The van der Waals surface area contributed by atoms with Crippen LogP contribution in [0.2, 0.25) is 0 Å². The number of rotatable bonds is 1. The standard InChI is InChI=1S/C15H24O2/c16-14-6-3-1-2-5-13(14)12-7-10-17-15(11-12)8-4-9-15/h12-13H,1-11H2. The van der Waals surface area contributed by atoms with E-state index in [2.05, 4.69) is 0 Å². The molecule has 0 aromatic carbocycles. The van der Waals surface area contributed by atoms with Gasteiger partial charge in [-0.1, -0.05) is 12.8 Å². The zero-order valence-corrected chi connectivity index (χ0v) is 10.7. The molecule has 3 rings (SSSR count). The van der Waals surface area contributed by atoms with Gasteiger partial charge in [0.25, 0.3) is 0 Å². The molecule has 2 atom stereocenters. The van der Waals surface area contributed by atoms with E-state index in [4.69, 9.17) is 4.74 Å². The summed E-state index contributed by atoms with van der Waals surface area (Å²) in [5.74, 6) is 1.57. The number of ether oxygens (including phenoxy) is 1. The molecule has 2 aliphatic carbocycles. The van der Waals surface area contributed by atoms with E-state index in [-0.39, 0.29) is 5.60 Å². The van der Waals surface area contributed by atoms with Crippen LogP contribution >= 0.6 is 0 Å². The summed E-state index contributed by atoms with van der Waals surface area (Å²) >= 11 is 0. The van der Waals surface area contributed by atoms with Gasteiger partial charge in [-0.25, -0.2) is 0 Å². The molecule has 1 saturated heterocycles. The molecule has 96 valence electrons. The maximum atomic E-state index is 12.2. The van der Waals surface area contributed by atoms with Crippen LogP contribution in [0.15, 0.2) is 0 Å². The third-order valence-electron chi connectivity index (χ3n) is 5.22. The Morgan fingerprint density at radius 1 is 1.06 bits per heavy atom. The van der Waals surface area contributed by atoms with Crippen molar-refractivity contribution in [3.05, 3.63) is 0 Å². The second kappa shape index (κ2) is 4.72. The van der Waals surface area contributed by atoms with Crippen molar-refractivity contribution in [1.29, 1.82) is 0 Å². The number of Topliss-reactive ketones (excluding diaryl/α,β-unsaturated/α-hetero) is 1. The smallest absolute Gasteiger partial charge is 0.136 e. The Bertz CT molecular complexity index is 293. The van der Waals surface area contributed by atoms with E-state index in [9.17, 15) is 4.79 Å². The lowest BCUT2D eigenvalue weighted by Crippen LogP contribution is -2.47. The van der Waals surface area contributed by atoms with Gasteiger partial charge in [0.1, 0.15) is 5.78 Å². The Kier molecular flexibility index (Phi) is 3.25. The number of carbonyl (C=O) groups excluding carboxylic acids is 1. The topological polar surface area (TPSA) is 26.3 Å². The van der Waals surface area contributed by atoms with E-state index < -0.39 is 0 Å². The van der Waals surface area contributed by atoms with Crippen molar-refractivity contribution < 1.29 is 9.53 Å². The predicted octanol–water partition coefficient (Wildman–Crippen LogP) is 3.49. The molecule has 2 unspecified atom stereocenters. The van der Waals surface area contributed by atoms with E-state index in [0.717, 1.165) is 32.3 Å². The summed E-state index contributed by atoms with van der Waals surface area (Å²) in [5, 5.41) is 0. The van der Waals surface area contributed by atoms with E-state index in [1.807, 2.05) is 0 Å². The van der Waals surface area contributed by atoms with E-state index in [0.29, 0.717) is 17.6 Å². The van der Waals surface area contributed by atoms with Crippen LogP contribution in [0.3, 0.4) is 0 Å². The van der Waals surface area contributed by atoms with Crippen molar-refractivity contribution >= 4 is 5.78 Å². The van der Waals surface area contributed by atoms with Crippen molar-refractivity contribution in [3.8, 4) is 0 Å². The van der Waals surface area contributed by atoms with Crippen LogP contribution in [-0.2, 0) is 9.53 Å². The summed E-state index contributed by atoms with van der Waals surface area (Å²) in [7, 11) is 0. The highest BCUT2D eigenvalue weighted by Gasteiger charge is 2.45. The molecule has 0 aromatic heterocycles. The summed E-state index contributed by atoms with van der Waals surface area (Å²) in [4.78, 5) is 12.2. The fraction of sp³-hybridized carbons (Fsp3) is 0.933. The third-order valence-corrected chi connectivity index (χ3v) is 5.22. The fourth-order valence-corrected chi connectivity index (χ4v) is 4.01. The van der Waals surface area contributed by atoms with Crippen LogP contribution < -0.4 is 0 Å². The van der Waals surface area contributed by atoms with Gasteiger partial charge >= 0.3 is 0 Å². The van der Waals surface area contributed by atoms with Crippen LogP contribution in [0.25, 0.3) is 0 Å². The molecule has 17 heavy (non-hydrogen) atoms. The molecule has 0 N–H and O–H groups in total. The minimum atomic E-state index is 0.204. The molecular weight excluding hydrogens is 212 g/mol. The van der Waals surface area contributed by atoms with Gasteiger partial charge in [0.2, 0.25) is 0 Å². The van der Waals surface area contributed by atoms with Gasteiger partial charge in [-0.2, -0.15) is 0 Å². The minimum absolute atomic E-state index is 0.204. The van der Waals surface area contributed by atoms with Crippen LogP contribution in [0.1, 0.15) is 64.2 Å². The van der Waals surface area contributed by atoms with Crippen molar-refractivity contribution in [1.82, 2.24) is 0 Å². The second-order valence-corrected chi connectivity index (χ2v) is 6.31. The van der Waals surface area contributed by atoms with Gasteiger partial charge in [-0.05, 0) is 50.9 Å². The molecule has 1 spiro atoms. The first-order valence-electron chi connectivity index (χ1n) is 7.46.